The molecular formula is C37H53N3O8. The Labute approximate surface area is 284 Å². The van der Waals surface area contributed by atoms with Crippen LogP contribution in [0.15, 0.2) is 55.6 Å². The van der Waals surface area contributed by atoms with Crippen molar-refractivity contribution in [3.8, 4) is 0 Å². The molecule has 11 heteroatoms. The Morgan fingerprint density at radius 3 is 2.54 bits per heavy atom. The van der Waals surface area contributed by atoms with Gasteiger partial charge in [-0.15, -0.1) is 13.2 Å². The molecule has 0 aromatic heterocycles. The lowest BCUT2D eigenvalue weighted by Crippen LogP contribution is -2.59. The predicted molar refractivity (Wildman–Crippen MR) is 180 cm³/mol. The molecule has 2 N–H and O–H groups in total. The van der Waals surface area contributed by atoms with Gasteiger partial charge in [-0.3, -0.25) is 19.2 Å². The standard InChI is InChI=1S/C37H53N3O8/c1-7-10-17-29(42)38-26(23-46-6)32(25-15-13-12-14-16-25)47-36(45)30-28-18-19-37(48-28)31(30)34(43)40(27(22-41)24(4)5)33(37)35(44)39(20-9-3)21-11-8-2/h7,9,12-16,24,26-28,30-33,41H,1,3,8,10-11,17-23H2,2,4-6H3,(H,38,42)/t26-,27-,28+,30-,31-,32-,33+,37-/m0/s1. The number of carbonyl (C=O) groups excluding carboxylic acids is 4. The molecule has 3 amide bonds. The van der Waals surface area contributed by atoms with Crippen molar-refractivity contribution in [3.05, 3.63) is 61.2 Å². The van der Waals surface area contributed by atoms with Crippen molar-refractivity contribution in [1.82, 2.24) is 15.1 Å². The van der Waals surface area contributed by atoms with Crippen LogP contribution in [0.4, 0.5) is 0 Å². The number of ether oxygens (including phenoxy) is 3. The van der Waals surface area contributed by atoms with Crippen molar-refractivity contribution in [2.45, 2.75) is 95.2 Å². The quantitative estimate of drug-likeness (QED) is 0.169. The number of benzene rings is 1. The van der Waals surface area contributed by atoms with Crippen molar-refractivity contribution in [1.29, 1.82) is 0 Å². The summed E-state index contributed by atoms with van der Waals surface area (Å²) < 4.78 is 18.4. The first-order valence-electron chi connectivity index (χ1n) is 17.2. The van der Waals surface area contributed by atoms with Gasteiger partial charge in [0.15, 0.2) is 0 Å². The van der Waals surface area contributed by atoms with Crippen LogP contribution in [-0.4, -0.2) is 102 Å². The van der Waals surface area contributed by atoms with Gasteiger partial charge in [0.25, 0.3) is 0 Å². The Morgan fingerprint density at radius 2 is 1.94 bits per heavy atom. The van der Waals surface area contributed by atoms with E-state index < -0.39 is 53.7 Å². The van der Waals surface area contributed by atoms with Gasteiger partial charge in [0.1, 0.15) is 17.7 Å². The van der Waals surface area contributed by atoms with Gasteiger partial charge in [-0.25, -0.2) is 0 Å². The van der Waals surface area contributed by atoms with Crippen molar-refractivity contribution in [2.24, 2.45) is 17.8 Å². The van der Waals surface area contributed by atoms with E-state index in [9.17, 15) is 24.3 Å². The van der Waals surface area contributed by atoms with Crippen LogP contribution in [0.25, 0.3) is 0 Å². The average molecular weight is 668 g/mol. The molecule has 8 atom stereocenters. The number of esters is 1. The zero-order valence-electron chi connectivity index (χ0n) is 28.8. The van der Waals surface area contributed by atoms with E-state index in [4.69, 9.17) is 14.2 Å². The second-order valence-electron chi connectivity index (χ2n) is 13.4. The minimum atomic E-state index is -1.25. The van der Waals surface area contributed by atoms with Gasteiger partial charge in [0, 0.05) is 26.6 Å². The summed E-state index contributed by atoms with van der Waals surface area (Å²) in [6.45, 7) is 13.9. The highest BCUT2D eigenvalue weighted by Gasteiger charge is 2.76. The van der Waals surface area contributed by atoms with Crippen LogP contribution in [0, 0.1) is 17.8 Å². The summed E-state index contributed by atoms with van der Waals surface area (Å²) in [7, 11) is 1.51. The first-order valence-corrected chi connectivity index (χ1v) is 17.2. The van der Waals surface area contributed by atoms with Gasteiger partial charge >= 0.3 is 5.97 Å². The zero-order valence-corrected chi connectivity index (χ0v) is 28.8. The number of allylic oxidation sites excluding steroid dienone is 1. The maximum atomic E-state index is 14.6. The Balaban J connectivity index is 1.72. The predicted octanol–water partition coefficient (Wildman–Crippen LogP) is 3.57. The molecule has 3 fully saturated rings. The number of amides is 3. The van der Waals surface area contributed by atoms with Crippen LogP contribution < -0.4 is 5.32 Å². The van der Waals surface area contributed by atoms with Gasteiger partial charge < -0.3 is 34.4 Å². The van der Waals surface area contributed by atoms with E-state index in [1.807, 2.05) is 51.1 Å². The lowest BCUT2D eigenvalue weighted by Gasteiger charge is -2.40. The summed E-state index contributed by atoms with van der Waals surface area (Å²) in [4.78, 5) is 59.5. The van der Waals surface area contributed by atoms with Crippen molar-refractivity contribution in [3.63, 3.8) is 0 Å². The normalized spacial score (nSPS) is 26.1. The molecule has 11 nitrogen and oxygen atoms in total. The summed E-state index contributed by atoms with van der Waals surface area (Å²) in [6.07, 6.45) is 5.01. The summed E-state index contributed by atoms with van der Waals surface area (Å²) in [5, 5.41) is 13.5. The van der Waals surface area contributed by atoms with E-state index in [1.165, 1.54) is 12.0 Å². The number of nitrogens with zero attached hydrogens (tertiary/aromatic N) is 2. The van der Waals surface area contributed by atoms with Crippen LogP contribution >= 0.6 is 0 Å². The van der Waals surface area contributed by atoms with E-state index in [0.717, 1.165) is 12.8 Å². The molecule has 0 radical (unpaired) electrons. The van der Waals surface area contributed by atoms with Gasteiger partial charge in [0.05, 0.1) is 43.2 Å². The third kappa shape index (κ3) is 7.38. The highest BCUT2D eigenvalue weighted by molar-refractivity contribution is 5.98. The Bertz CT molecular complexity index is 1300. The lowest BCUT2D eigenvalue weighted by molar-refractivity contribution is -0.164. The first-order chi connectivity index (χ1) is 23.1. The molecule has 1 aromatic rings. The number of carbonyl (C=O) groups is 4. The molecule has 1 spiro atoms. The maximum absolute atomic E-state index is 14.6. The Morgan fingerprint density at radius 1 is 1.21 bits per heavy atom. The summed E-state index contributed by atoms with van der Waals surface area (Å²) in [6, 6.07) is 6.71. The van der Waals surface area contributed by atoms with Gasteiger partial charge in [0.2, 0.25) is 17.7 Å². The van der Waals surface area contributed by atoms with Crippen LogP contribution in [0.2, 0.25) is 0 Å². The van der Waals surface area contributed by atoms with Crippen molar-refractivity contribution in [2.75, 3.05) is 33.4 Å². The molecular weight excluding hydrogens is 614 g/mol. The second kappa shape index (κ2) is 16.7. The fourth-order valence-electron chi connectivity index (χ4n) is 7.71. The molecule has 3 aliphatic rings. The first kappa shape index (κ1) is 37.3. The minimum Gasteiger partial charge on any atom is -0.455 e. The van der Waals surface area contributed by atoms with E-state index in [1.54, 1.807) is 17.1 Å². The van der Waals surface area contributed by atoms with E-state index in [-0.39, 0.29) is 43.3 Å². The molecule has 2 bridgehead atoms. The van der Waals surface area contributed by atoms with E-state index >= 15 is 0 Å². The number of unbranched alkanes of at least 4 members (excludes halogenated alkanes) is 1. The van der Waals surface area contributed by atoms with Crippen LogP contribution in [0.1, 0.15) is 71.0 Å². The molecule has 4 rings (SSSR count). The van der Waals surface area contributed by atoms with Gasteiger partial charge in [-0.05, 0) is 37.2 Å². The monoisotopic (exact) mass is 667 g/mol. The molecule has 0 aliphatic carbocycles. The fourth-order valence-corrected chi connectivity index (χ4v) is 7.71. The maximum Gasteiger partial charge on any atom is 0.313 e. The topological polar surface area (TPSA) is 135 Å². The molecule has 264 valence electrons. The summed E-state index contributed by atoms with van der Waals surface area (Å²) in [5.74, 6) is -3.65. The van der Waals surface area contributed by atoms with Crippen molar-refractivity contribution < 1.29 is 38.5 Å². The molecule has 48 heavy (non-hydrogen) atoms. The average Bonchev–Trinajstić information content (AvgIpc) is 3.72. The van der Waals surface area contributed by atoms with Gasteiger partial charge in [-0.1, -0.05) is 69.7 Å². The molecule has 1 aromatic carbocycles. The third-order valence-corrected chi connectivity index (χ3v) is 10.0. The summed E-state index contributed by atoms with van der Waals surface area (Å²) in [5.41, 5.74) is -0.594. The van der Waals surface area contributed by atoms with E-state index in [2.05, 4.69) is 18.5 Å². The highest BCUT2D eigenvalue weighted by atomic mass is 16.6. The molecule has 0 unspecified atom stereocenters. The smallest absolute Gasteiger partial charge is 0.313 e. The number of nitrogens with one attached hydrogen (secondary N) is 1. The minimum absolute atomic E-state index is 0.0668. The number of hydrogen-bond donors (Lipinski definition) is 2. The third-order valence-electron chi connectivity index (χ3n) is 10.0. The molecule has 3 saturated heterocycles. The van der Waals surface area contributed by atoms with Crippen LogP contribution in [0.3, 0.4) is 0 Å². The largest absolute Gasteiger partial charge is 0.455 e. The summed E-state index contributed by atoms with van der Waals surface area (Å²) >= 11 is 0. The SMILES string of the molecule is C=CCCC(=O)N[C@@H](COC)[C@@H](OC(=O)[C@@H]1[C@H]2C(=O)N([C@@H](CO)C(C)C)[C@H](C(=O)N(CC=C)CCCC)[C@]23CC[C@H]1O3)c1ccccc1. The number of aliphatic hydroxyl groups is 1. The van der Waals surface area contributed by atoms with Crippen LogP contribution in [0.5, 0.6) is 0 Å². The molecule has 3 heterocycles. The van der Waals surface area contributed by atoms with Crippen LogP contribution in [-0.2, 0) is 33.4 Å². The fraction of sp³-hybridized carbons (Fsp3) is 0.622. The molecule has 0 saturated carbocycles. The Hall–Kier alpha value is -3.54. The van der Waals surface area contributed by atoms with E-state index in [0.29, 0.717) is 37.9 Å². The zero-order chi connectivity index (χ0) is 35.0. The van der Waals surface area contributed by atoms with Gasteiger partial charge in [-0.2, -0.15) is 0 Å². The lowest BCUT2D eigenvalue weighted by atomic mass is 9.70. The number of methoxy groups -OCH3 is 1. The second-order valence-corrected chi connectivity index (χ2v) is 13.4. The highest BCUT2D eigenvalue weighted by Crippen LogP contribution is 2.59. The van der Waals surface area contributed by atoms with Crippen molar-refractivity contribution >= 4 is 23.7 Å². The number of likely N-dealkylation sites (tertiary alicyclic amines) is 1. The number of aliphatic hydroxyl groups excluding tert-OH is 1. The Kier molecular flexibility index (Phi) is 13.0. The molecule has 3 aliphatic heterocycles. The number of hydrogen-bond acceptors (Lipinski definition) is 8. The number of fused-ring (bicyclic) bond motifs is 1. The number of rotatable bonds is 19.